The Morgan fingerprint density at radius 3 is 2.62 bits per heavy atom. The molecule has 4 heteroatoms. The third-order valence-corrected chi connectivity index (χ3v) is 1.62. The molecule has 1 amide bonds. The monoisotopic (exact) mass is 135 g/mol. The van der Waals surface area contributed by atoms with Crippen molar-refractivity contribution < 1.29 is 10.0 Å². The summed E-state index contributed by atoms with van der Waals surface area (Å²) in [5.74, 6) is -0.454. The molecule has 0 rings (SSSR count). The molecule has 2 N–H and O–H groups in total. The van der Waals surface area contributed by atoms with Crippen molar-refractivity contribution in [2.24, 2.45) is 5.92 Å². The van der Waals surface area contributed by atoms with Crippen LogP contribution in [0.3, 0.4) is 0 Å². The molecular weight excluding hydrogens is 125 g/mol. The molecule has 0 radical (unpaired) electrons. The van der Waals surface area contributed by atoms with Crippen LogP contribution >= 0.6 is 9.24 Å². The average Bonchev–Trinajstić information content (AvgIpc) is 1.84. The summed E-state index contributed by atoms with van der Waals surface area (Å²) in [5, 5.41) is 8.03. The Bertz CT molecular complexity index is 86.1. The fourth-order valence-corrected chi connectivity index (χ4v) is 0.431. The number of carbonyl (C=O) groups excluding carboxylic acids is 1. The molecule has 0 aromatic heterocycles. The molecule has 0 fully saturated rings. The van der Waals surface area contributed by atoms with Crippen molar-refractivity contribution >= 4 is 15.1 Å². The second kappa shape index (κ2) is 3.81. The van der Waals surface area contributed by atoms with Crippen molar-refractivity contribution in [3.63, 3.8) is 0 Å². The zero-order chi connectivity index (χ0) is 6.57. The van der Waals surface area contributed by atoms with E-state index in [9.17, 15) is 4.79 Å². The van der Waals surface area contributed by atoms with Crippen molar-refractivity contribution in [1.29, 1.82) is 0 Å². The number of rotatable bonds is 2. The van der Waals surface area contributed by atoms with Crippen LogP contribution in [0.1, 0.15) is 6.92 Å². The van der Waals surface area contributed by atoms with Gasteiger partial charge in [0.25, 0.3) is 0 Å². The summed E-state index contributed by atoms with van der Waals surface area (Å²) in [6.07, 6.45) is 0.673. The van der Waals surface area contributed by atoms with Gasteiger partial charge in [-0.25, -0.2) is 5.48 Å². The fraction of sp³-hybridized carbons (Fsp3) is 0.750. The highest BCUT2D eigenvalue weighted by atomic mass is 31.0. The molecule has 2 atom stereocenters. The van der Waals surface area contributed by atoms with E-state index in [1.54, 1.807) is 12.4 Å². The topological polar surface area (TPSA) is 49.3 Å². The summed E-state index contributed by atoms with van der Waals surface area (Å²) >= 11 is 0. The molecule has 0 saturated carbocycles. The van der Waals surface area contributed by atoms with Gasteiger partial charge in [0.2, 0.25) is 5.91 Å². The maximum Gasteiger partial charge on any atom is 0.246 e. The molecule has 3 nitrogen and oxygen atoms in total. The summed E-state index contributed by atoms with van der Waals surface area (Å²) < 4.78 is 0. The van der Waals surface area contributed by atoms with Crippen molar-refractivity contribution in [3.05, 3.63) is 0 Å². The van der Waals surface area contributed by atoms with E-state index in [1.165, 1.54) is 0 Å². The van der Waals surface area contributed by atoms with E-state index in [4.69, 9.17) is 5.21 Å². The predicted molar refractivity (Wildman–Crippen MR) is 33.7 cm³/mol. The summed E-state index contributed by atoms with van der Waals surface area (Å²) in [7, 11) is 2.42. The highest BCUT2D eigenvalue weighted by Gasteiger charge is 2.07. The van der Waals surface area contributed by atoms with Gasteiger partial charge in [-0.05, 0) is 6.16 Å². The molecule has 0 aliphatic rings. The third-order valence-electron chi connectivity index (χ3n) is 0.911. The Balaban J connectivity index is 3.46. The molecule has 0 aromatic rings. The van der Waals surface area contributed by atoms with Gasteiger partial charge >= 0.3 is 0 Å². The van der Waals surface area contributed by atoms with Gasteiger partial charge in [-0.2, -0.15) is 0 Å². The first kappa shape index (κ1) is 7.86. The van der Waals surface area contributed by atoms with Gasteiger partial charge in [-0.1, -0.05) is 6.92 Å². The molecule has 0 saturated heterocycles. The van der Waals surface area contributed by atoms with Crippen molar-refractivity contribution in [1.82, 2.24) is 5.48 Å². The molecule has 0 aromatic carbocycles. The van der Waals surface area contributed by atoms with E-state index in [2.05, 4.69) is 9.24 Å². The Kier molecular flexibility index (Phi) is 3.75. The number of hydrogen-bond acceptors (Lipinski definition) is 2. The Hall–Kier alpha value is -0.140. The summed E-state index contributed by atoms with van der Waals surface area (Å²) in [6, 6.07) is 0. The summed E-state index contributed by atoms with van der Waals surface area (Å²) in [4.78, 5) is 10.4. The SMILES string of the molecule is C[C@@H](CP)C(=O)NO. The molecular formula is C4H10NO2P. The maximum absolute atomic E-state index is 10.4. The lowest BCUT2D eigenvalue weighted by Gasteiger charge is -2.02. The maximum atomic E-state index is 10.4. The normalized spacial score (nSPS) is 12.9. The van der Waals surface area contributed by atoms with Crippen LogP contribution < -0.4 is 5.48 Å². The van der Waals surface area contributed by atoms with E-state index in [1.807, 2.05) is 0 Å². The number of nitrogens with one attached hydrogen (secondary N) is 1. The minimum absolute atomic E-state index is 0.120. The molecule has 0 spiro atoms. The number of carbonyl (C=O) groups is 1. The Morgan fingerprint density at radius 1 is 2.00 bits per heavy atom. The number of hydrogen-bond donors (Lipinski definition) is 2. The van der Waals surface area contributed by atoms with E-state index in [0.29, 0.717) is 6.16 Å². The van der Waals surface area contributed by atoms with Crippen LogP contribution in [0.4, 0.5) is 0 Å². The molecule has 48 valence electrons. The van der Waals surface area contributed by atoms with Gasteiger partial charge in [0.15, 0.2) is 0 Å². The van der Waals surface area contributed by atoms with E-state index >= 15 is 0 Å². The Morgan fingerprint density at radius 2 is 2.50 bits per heavy atom. The van der Waals surface area contributed by atoms with Gasteiger partial charge in [0.05, 0.1) is 0 Å². The van der Waals surface area contributed by atoms with E-state index < -0.39 is 0 Å². The van der Waals surface area contributed by atoms with Crippen LogP contribution in [0.15, 0.2) is 0 Å². The molecule has 0 aliphatic carbocycles. The van der Waals surface area contributed by atoms with Crippen LogP contribution in [0.25, 0.3) is 0 Å². The highest BCUT2D eigenvalue weighted by Crippen LogP contribution is 1.97. The zero-order valence-corrected chi connectivity index (χ0v) is 5.87. The summed E-state index contributed by atoms with van der Waals surface area (Å²) in [5.41, 5.74) is 1.56. The van der Waals surface area contributed by atoms with Crippen molar-refractivity contribution in [3.8, 4) is 0 Å². The first-order chi connectivity index (χ1) is 3.72. The second-order valence-corrected chi connectivity index (χ2v) is 2.08. The number of hydroxylamine groups is 1. The van der Waals surface area contributed by atoms with Crippen LogP contribution in [0.5, 0.6) is 0 Å². The quantitative estimate of drug-likeness (QED) is 0.318. The van der Waals surface area contributed by atoms with Crippen molar-refractivity contribution in [2.45, 2.75) is 6.92 Å². The van der Waals surface area contributed by atoms with Crippen molar-refractivity contribution in [2.75, 3.05) is 6.16 Å². The van der Waals surface area contributed by atoms with Gasteiger partial charge in [0, 0.05) is 5.92 Å². The number of amides is 1. The fourth-order valence-electron chi connectivity index (χ4n) is 0.217. The largest absolute Gasteiger partial charge is 0.289 e. The van der Waals surface area contributed by atoms with Gasteiger partial charge in [-0.3, -0.25) is 10.0 Å². The minimum atomic E-state index is -0.333. The van der Waals surface area contributed by atoms with E-state index in [0.717, 1.165) is 0 Å². The lowest BCUT2D eigenvalue weighted by Crippen LogP contribution is -2.26. The molecule has 8 heavy (non-hydrogen) atoms. The van der Waals surface area contributed by atoms with Gasteiger partial charge < -0.3 is 0 Å². The van der Waals surface area contributed by atoms with Crippen LogP contribution in [-0.4, -0.2) is 17.3 Å². The first-order valence-corrected chi connectivity index (χ1v) is 3.18. The molecule has 0 bridgehead atoms. The first-order valence-electron chi connectivity index (χ1n) is 2.36. The molecule has 1 unspecified atom stereocenters. The van der Waals surface area contributed by atoms with E-state index in [-0.39, 0.29) is 11.8 Å². The second-order valence-electron chi connectivity index (χ2n) is 1.61. The third kappa shape index (κ3) is 2.24. The standard InChI is InChI=1S/C4H10NO2P/c1-3(2-8)4(6)5-7/h3,7H,2,8H2,1H3,(H,5,6)/t3-/m0/s1. The summed E-state index contributed by atoms with van der Waals surface area (Å²) in [6.45, 7) is 1.73. The lowest BCUT2D eigenvalue weighted by atomic mass is 10.2. The predicted octanol–water partition coefficient (Wildman–Crippen LogP) is 0.00300. The Labute approximate surface area is 50.6 Å². The molecule has 0 aliphatic heterocycles. The highest BCUT2D eigenvalue weighted by molar-refractivity contribution is 7.16. The van der Waals surface area contributed by atoms with Crippen LogP contribution in [-0.2, 0) is 4.79 Å². The lowest BCUT2D eigenvalue weighted by molar-refractivity contribution is -0.132. The van der Waals surface area contributed by atoms with Gasteiger partial charge in [-0.15, -0.1) is 9.24 Å². The van der Waals surface area contributed by atoms with Crippen LogP contribution in [0.2, 0.25) is 0 Å². The zero-order valence-electron chi connectivity index (χ0n) is 4.72. The minimum Gasteiger partial charge on any atom is -0.289 e. The average molecular weight is 135 g/mol. The smallest absolute Gasteiger partial charge is 0.246 e. The molecule has 0 heterocycles. The van der Waals surface area contributed by atoms with Gasteiger partial charge in [0.1, 0.15) is 0 Å². The van der Waals surface area contributed by atoms with Crippen LogP contribution in [0, 0.1) is 5.92 Å².